The standard InChI is InChI=1S/C20H24N2O3/c1-23-16-8-6-15(7-9-16)13-22-14-19(20-18(22)5-3-11-24-20)25-17-4-2-10-21-12-17/h2,4,6-10,12,18-20H,3,5,11,13-14H2,1H3/t18-,19-,20-/m1/s1. The zero-order valence-corrected chi connectivity index (χ0v) is 14.5. The second-order valence-electron chi connectivity index (χ2n) is 6.67. The molecule has 0 radical (unpaired) electrons. The monoisotopic (exact) mass is 340 g/mol. The fourth-order valence-electron chi connectivity index (χ4n) is 3.85. The van der Waals surface area contributed by atoms with Gasteiger partial charge >= 0.3 is 0 Å². The summed E-state index contributed by atoms with van der Waals surface area (Å²) in [5.74, 6) is 1.70. The Morgan fingerprint density at radius 1 is 1.20 bits per heavy atom. The van der Waals surface area contributed by atoms with Crippen LogP contribution >= 0.6 is 0 Å². The van der Waals surface area contributed by atoms with Gasteiger partial charge in [0, 0.05) is 31.9 Å². The molecule has 0 bridgehead atoms. The SMILES string of the molecule is COc1ccc(CN2C[C@@H](Oc3cccnc3)[C@@H]3OCCC[C@H]32)cc1. The summed E-state index contributed by atoms with van der Waals surface area (Å²) < 4.78 is 17.5. The number of likely N-dealkylation sites (tertiary alicyclic amines) is 1. The molecule has 2 saturated heterocycles. The lowest BCUT2D eigenvalue weighted by Crippen LogP contribution is -2.42. The molecule has 3 heterocycles. The van der Waals surface area contributed by atoms with E-state index in [2.05, 4.69) is 22.0 Å². The van der Waals surface area contributed by atoms with E-state index in [0.29, 0.717) is 6.04 Å². The van der Waals surface area contributed by atoms with Crippen LogP contribution < -0.4 is 9.47 Å². The van der Waals surface area contributed by atoms with Gasteiger partial charge in [-0.15, -0.1) is 0 Å². The van der Waals surface area contributed by atoms with Crippen LogP contribution in [0.15, 0.2) is 48.8 Å². The second kappa shape index (κ2) is 7.42. The summed E-state index contributed by atoms with van der Waals surface area (Å²) in [5.41, 5.74) is 1.28. The quantitative estimate of drug-likeness (QED) is 0.837. The molecule has 0 saturated carbocycles. The van der Waals surface area contributed by atoms with Crippen molar-refractivity contribution in [2.45, 2.75) is 37.6 Å². The molecule has 0 unspecified atom stereocenters. The van der Waals surface area contributed by atoms with Crippen LogP contribution in [-0.2, 0) is 11.3 Å². The Hall–Kier alpha value is -2.11. The fourth-order valence-corrected chi connectivity index (χ4v) is 3.85. The molecule has 2 fully saturated rings. The number of nitrogens with zero attached hydrogens (tertiary/aromatic N) is 2. The average Bonchev–Trinajstić information content (AvgIpc) is 3.01. The lowest BCUT2D eigenvalue weighted by molar-refractivity contribution is -0.0472. The highest BCUT2D eigenvalue weighted by atomic mass is 16.5. The van der Waals surface area contributed by atoms with Crippen molar-refractivity contribution in [2.75, 3.05) is 20.3 Å². The van der Waals surface area contributed by atoms with E-state index in [1.807, 2.05) is 24.3 Å². The largest absolute Gasteiger partial charge is 0.497 e. The van der Waals surface area contributed by atoms with Crippen LogP contribution in [0.2, 0.25) is 0 Å². The van der Waals surface area contributed by atoms with Gasteiger partial charge in [-0.1, -0.05) is 12.1 Å². The Balaban J connectivity index is 1.47. The number of rotatable bonds is 5. The van der Waals surface area contributed by atoms with Crippen molar-refractivity contribution in [3.05, 3.63) is 54.4 Å². The molecule has 25 heavy (non-hydrogen) atoms. The molecule has 0 spiro atoms. The van der Waals surface area contributed by atoms with E-state index in [1.54, 1.807) is 19.5 Å². The Morgan fingerprint density at radius 2 is 2.08 bits per heavy atom. The topological polar surface area (TPSA) is 43.8 Å². The van der Waals surface area contributed by atoms with Crippen molar-refractivity contribution in [3.8, 4) is 11.5 Å². The van der Waals surface area contributed by atoms with Crippen molar-refractivity contribution in [1.29, 1.82) is 0 Å². The molecule has 2 aliphatic heterocycles. The first-order chi connectivity index (χ1) is 12.3. The highest BCUT2D eigenvalue weighted by Crippen LogP contribution is 2.32. The third-order valence-corrected chi connectivity index (χ3v) is 5.05. The molecule has 0 N–H and O–H groups in total. The van der Waals surface area contributed by atoms with E-state index in [9.17, 15) is 0 Å². The summed E-state index contributed by atoms with van der Waals surface area (Å²) in [7, 11) is 1.69. The van der Waals surface area contributed by atoms with Gasteiger partial charge in [-0.25, -0.2) is 0 Å². The van der Waals surface area contributed by atoms with Crippen LogP contribution in [0.3, 0.4) is 0 Å². The highest BCUT2D eigenvalue weighted by Gasteiger charge is 2.45. The normalized spacial score (nSPS) is 26.2. The van der Waals surface area contributed by atoms with Gasteiger partial charge in [0.2, 0.25) is 0 Å². The van der Waals surface area contributed by atoms with E-state index < -0.39 is 0 Å². The number of hydrogen-bond donors (Lipinski definition) is 0. The minimum atomic E-state index is 0.0488. The fraction of sp³-hybridized carbons (Fsp3) is 0.450. The smallest absolute Gasteiger partial charge is 0.139 e. The third kappa shape index (κ3) is 3.62. The minimum absolute atomic E-state index is 0.0488. The van der Waals surface area contributed by atoms with Crippen LogP contribution in [0.25, 0.3) is 0 Å². The molecule has 5 heteroatoms. The number of aromatic nitrogens is 1. The Labute approximate surface area is 148 Å². The van der Waals surface area contributed by atoms with Gasteiger partial charge in [0.05, 0.1) is 13.3 Å². The minimum Gasteiger partial charge on any atom is -0.497 e. The van der Waals surface area contributed by atoms with E-state index in [1.165, 1.54) is 5.56 Å². The van der Waals surface area contributed by atoms with Crippen LogP contribution in [0.1, 0.15) is 18.4 Å². The summed E-state index contributed by atoms with van der Waals surface area (Å²) in [5, 5.41) is 0. The number of pyridine rings is 1. The van der Waals surface area contributed by atoms with E-state index in [0.717, 1.165) is 44.0 Å². The maximum absolute atomic E-state index is 6.20. The Kier molecular flexibility index (Phi) is 4.85. The predicted octanol–water partition coefficient (Wildman–Crippen LogP) is 2.90. The van der Waals surface area contributed by atoms with Gasteiger partial charge in [0.25, 0.3) is 0 Å². The highest BCUT2D eigenvalue weighted by molar-refractivity contribution is 5.27. The van der Waals surface area contributed by atoms with Crippen LogP contribution in [0.4, 0.5) is 0 Å². The maximum atomic E-state index is 6.20. The molecule has 5 nitrogen and oxygen atoms in total. The van der Waals surface area contributed by atoms with Crippen LogP contribution in [0.5, 0.6) is 11.5 Å². The maximum Gasteiger partial charge on any atom is 0.139 e. The number of ether oxygens (including phenoxy) is 3. The lowest BCUT2D eigenvalue weighted by atomic mass is 10.0. The Morgan fingerprint density at radius 3 is 2.84 bits per heavy atom. The first-order valence-electron chi connectivity index (χ1n) is 8.89. The zero-order chi connectivity index (χ0) is 17.1. The van der Waals surface area contributed by atoms with E-state index in [-0.39, 0.29) is 12.2 Å². The second-order valence-corrected chi connectivity index (χ2v) is 6.67. The molecule has 0 aliphatic carbocycles. The van der Waals surface area contributed by atoms with Gasteiger partial charge < -0.3 is 14.2 Å². The number of methoxy groups -OCH3 is 1. The van der Waals surface area contributed by atoms with Crippen LogP contribution in [0, 0.1) is 0 Å². The van der Waals surface area contributed by atoms with Gasteiger partial charge in [-0.3, -0.25) is 9.88 Å². The molecule has 2 aromatic rings. The first kappa shape index (κ1) is 16.4. The summed E-state index contributed by atoms with van der Waals surface area (Å²) in [6.07, 6.45) is 5.98. The Bertz CT molecular complexity index is 677. The molecule has 132 valence electrons. The van der Waals surface area contributed by atoms with Gasteiger partial charge in [0.1, 0.15) is 23.7 Å². The van der Waals surface area contributed by atoms with Crippen molar-refractivity contribution in [3.63, 3.8) is 0 Å². The third-order valence-electron chi connectivity index (χ3n) is 5.05. The number of fused-ring (bicyclic) bond motifs is 1. The number of hydrogen-bond acceptors (Lipinski definition) is 5. The number of benzene rings is 1. The zero-order valence-electron chi connectivity index (χ0n) is 14.5. The lowest BCUT2D eigenvalue weighted by Gasteiger charge is -2.32. The van der Waals surface area contributed by atoms with E-state index >= 15 is 0 Å². The van der Waals surface area contributed by atoms with E-state index in [4.69, 9.17) is 14.2 Å². The van der Waals surface area contributed by atoms with Gasteiger partial charge in [-0.2, -0.15) is 0 Å². The van der Waals surface area contributed by atoms with Crippen LogP contribution in [-0.4, -0.2) is 48.4 Å². The summed E-state index contributed by atoms with van der Waals surface area (Å²) in [6, 6.07) is 12.6. The van der Waals surface area contributed by atoms with Gasteiger partial charge in [0.15, 0.2) is 0 Å². The average molecular weight is 340 g/mol. The van der Waals surface area contributed by atoms with Crippen molar-refractivity contribution in [2.24, 2.45) is 0 Å². The summed E-state index contributed by atoms with van der Waals surface area (Å²) in [4.78, 5) is 6.64. The van der Waals surface area contributed by atoms with Gasteiger partial charge in [-0.05, 0) is 42.7 Å². The summed E-state index contributed by atoms with van der Waals surface area (Å²) >= 11 is 0. The predicted molar refractivity (Wildman–Crippen MR) is 94.8 cm³/mol. The first-order valence-corrected chi connectivity index (χ1v) is 8.89. The molecule has 1 aromatic heterocycles. The molecular formula is C20H24N2O3. The van der Waals surface area contributed by atoms with Crippen molar-refractivity contribution in [1.82, 2.24) is 9.88 Å². The molecule has 4 rings (SSSR count). The van der Waals surface area contributed by atoms with Crippen molar-refractivity contribution >= 4 is 0 Å². The molecule has 0 amide bonds. The summed E-state index contributed by atoms with van der Waals surface area (Å²) in [6.45, 7) is 2.60. The molecule has 1 aromatic carbocycles. The molecule has 2 aliphatic rings. The van der Waals surface area contributed by atoms with Crippen molar-refractivity contribution < 1.29 is 14.2 Å². The molecular weight excluding hydrogens is 316 g/mol. The molecule has 3 atom stereocenters.